The second-order valence-electron chi connectivity index (χ2n) is 10.8. The molecule has 33 heavy (non-hydrogen) atoms. The molecule has 0 saturated carbocycles. The number of hydrogen-bond donors (Lipinski definition) is 0. The highest BCUT2D eigenvalue weighted by Gasteiger charge is 2.30. The summed E-state index contributed by atoms with van der Waals surface area (Å²) in [6.07, 6.45) is 1.26. The molecule has 0 saturated heterocycles. The van der Waals surface area contributed by atoms with E-state index in [2.05, 4.69) is 4.57 Å². The fourth-order valence-electron chi connectivity index (χ4n) is 4.53. The summed E-state index contributed by atoms with van der Waals surface area (Å²) in [7, 11) is -3.49. The molecule has 0 fully saturated rings. The molecule has 172 valence electrons. The monoisotopic (exact) mass is 461 g/mol. The van der Waals surface area contributed by atoms with Crippen molar-refractivity contribution < 1.29 is 18.1 Å². The highest BCUT2D eigenvalue weighted by molar-refractivity contribution is 7.91. The number of benzene rings is 3. The first-order valence-electron chi connectivity index (χ1n) is 11.1. The van der Waals surface area contributed by atoms with E-state index >= 15 is 0 Å². The molecule has 0 aliphatic heterocycles. The molecule has 0 bridgehead atoms. The van der Waals surface area contributed by atoms with Crippen molar-refractivity contribution in [3.63, 3.8) is 0 Å². The number of fused-ring (bicyclic) bond motifs is 2. The molecule has 1 heterocycles. The van der Waals surface area contributed by atoms with Crippen molar-refractivity contribution in [1.29, 1.82) is 0 Å². The van der Waals surface area contributed by atoms with Crippen molar-refractivity contribution in [3.8, 4) is 11.4 Å². The Bertz CT molecular complexity index is 1410. The Kier molecular flexibility index (Phi) is 5.32. The summed E-state index contributed by atoms with van der Waals surface area (Å²) in [6, 6.07) is 19.1. The molecule has 0 aliphatic rings. The summed E-state index contributed by atoms with van der Waals surface area (Å²) in [5.41, 5.74) is 3.25. The van der Waals surface area contributed by atoms with Crippen LogP contribution in [0.2, 0.25) is 0 Å². The Hall–Kier alpha value is -2.92. The minimum Gasteiger partial charge on any atom is -0.872 e. The van der Waals surface area contributed by atoms with E-state index in [1.807, 2.05) is 102 Å². The minimum absolute atomic E-state index is 0.0701. The number of nitrogens with zero attached hydrogens (tertiary/aromatic N) is 1. The number of hydrogen-bond acceptors (Lipinski definition) is 3. The van der Waals surface area contributed by atoms with Gasteiger partial charge in [-0.05, 0) is 34.1 Å². The zero-order valence-electron chi connectivity index (χ0n) is 20.4. The van der Waals surface area contributed by atoms with Gasteiger partial charge in [0.15, 0.2) is 9.84 Å². The topological polar surface area (TPSA) is 61.1 Å². The van der Waals surface area contributed by atoms with E-state index in [-0.39, 0.29) is 16.6 Å². The lowest BCUT2D eigenvalue weighted by atomic mass is 9.79. The molecule has 5 heteroatoms. The molecular weight excluding hydrogens is 430 g/mol. The van der Waals surface area contributed by atoms with Crippen LogP contribution in [0.25, 0.3) is 27.5 Å². The van der Waals surface area contributed by atoms with E-state index < -0.39 is 9.84 Å². The molecule has 0 spiro atoms. The lowest BCUT2D eigenvalue weighted by molar-refractivity contribution is -0.538. The lowest BCUT2D eigenvalue weighted by Crippen LogP contribution is -2.35. The first-order valence-corrected chi connectivity index (χ1v) is 13.0. The van der Waals surface area contributed by atoms with Gasteiger partial charge in [-0.3, -0.25) is 0 Å². The molecular formula is C28H31NO3S. The molecule has 3 aromatic carbocycles. The van der Waals surface area contributed by atoms with Crippen LogP contribution in [0.15, 0.2) is 65.6 Å². The minimum atomic E-state index is -3.49. The molecule has 0 atom stereocenters. The van der Waals surface area contributed by atoms with Gasteiger partial charge < -0.3 is 5.11 Å². The van der Waals surface area contributed by atoms with Gasteiger partial charge in [0, 0.05) is 30.5 Å². The molecule has 4 aromatic rings. The highest BCUT2D eigenvalue weighted by Crippen LogP contribution is 2.39. The first-order chi connectivity index (χ1) is 15.2. The predicted molar refractivity (Wildman–Crippen MR) is 133 cm³/mol. The largest absolute Gasteiger partial charge is 0.872 e. The van der Waals surface area contributed by atoms with E-state index in [0.717, 1.165) is 27.8 Å². The van der Waals surface area contributed by atoms with Crippen LogP contribution >= 0.6 is 0 Å². The van der Waals surface area contributed by atoms with Crippen molar-refractivity contribution in [3.05, 3.63) is 71.8 Å². The van der Waals surface area contributed by atoms with Crippen molar-refractivity contribution in [2.45, 2.75) is 57.3 Å². The van der Waals surface area contributed by atoms with Crippen LogP contribution in [-0.2, 0) is 20.7 Å². The van der Waals surface area contributed by atoms with Crippen LogP contribution < -0.4 is 9.67 Å². The van der Waals surface area contributed by atoms with Gasteiger partial charge in [-0.15, -0.1) is 5.75 Å². The van der Waals surface area contributed by atoms with Gasteiger partial charge in [0.2, 0.25) is 16.7 Å². The summed E-state index contributed by atoms with van der Waals surface area (Å²) in [6.45, 7) is 12.3. The van der Waals surface area contributed by atoms with Crippen molar-refractivity contribution in [2.24, 2.45) is 0 Å². The second kappa shape index (κ2) is 7.56. The summed E-state index contributed by atoms with van der Waals surface area (Å²) in [5, 5.41) is 14.8. The average molecular weight is 462 g/mol. The Labute approximate surface area is 196 Å². The van der Waals surface area contributed by atoms with Crippen molar-refractivity contribution >= 4 is 31.6 Å². The van der Waals surface area contributed by atoms with E-state index in [1.54, 1.807) is 0 Å². The van der Waals surface area contributed by atoms with Gasteiger partial charge in [-0.2, -0.15) is 4.57 Å². The van der Waals surface area contributed by atoms with Gasteiger partial charge in [-0.25, -0.2) is 8.42 Å². The van der Waals surface area contributed by atoms with E-state index in [9.17, 15) is 13.5 Å². The molecule has 0 unspecified atom stereocenters. The van der Waals surface area contributed by atoms with Crippen LogP contribution in [0.5, 0.6) is 5.75 Å². The maximum atomic E-state index is 13.5. The third kappa shape index (κ3) is 3.99. The maximum Gasteiger partial charge on any atom is 0.220 e. The number of aromatic nitrogens is 1. The fraction of sp³-hybridized carbons (Fsp3) is 0.321. The van der Waals surface area contributed by atoms with Crippen molar-refractivity contribution in [2.75, 3.05) is 6.26 Å². The molecule has 4 nitrogen and oxygen atoms in total. The van der Waals surface area contributed by atoms with Crippen LogP contribution in [0, 0.1) is 0 Å². The van der Waals surface area contributed by atoms with E-state index in [4.69, 9.17) is 0 Å². The van der Waals surface area contributed by atoms with Crippen LogP contribution in [0.3, 0.4) is 0 Å². The fourth-order valence-corrected chi connectivity index (χ4v) is 5.67. The first kappa shape index (κ1) is 23.2. The molecule has 0 amide bonds. The molecule has 4 rings (SSSR count). The van der Waals surface area contributed by atoms with Crippen molar-refractivity contribution in [1.82, 2.24) is 0 Å². The van der Waals surface area contributed by atoms with Gasteiger partial charge in [0.05, 0.1) is 15.7 Å². The predicted octanol–water partition coefficient (Wildman–Crippen LogP) is 5.34. The highest BCUT2D eigenvalue weighted by atomic mass is 32.2. The van der Waals surface area contributed by atoms with Gasteiger partial charge >= 0.3 is 0 Å². The lowest BCUT2D eigenvalue weighted by Gasteiger charge is -2.33. The van der Waals surface area contributed by atoms with Crippen LogP contribution in [0.1, 0.15) is 52.7 Å². The zero-order valence-corrected chi connectivity index (χ0v) is 21.2. The molecule has 0 N–H and O–H groups in total. The Morgan fingerprint density at radius 2 is 1.12 bits per heavy atom. The quantitative estimate of drug-likeness (QED) is 0.299. The maximum absolute atomic E-state index is 13.5. The normalized spacial score (nSPS) is 13.1. The molecule has 1 aromatic heterocycles. The Morgan fingerprint density at radius 1 is 0.727 bits per heavy atom. The Morgan fingerprint density at radius 3 is 1.48 bits per heavy atom. The average Bonchev–Trinajstić information content (AvgIpc) is 2.69. The summed E-state index contributed by atoms with van der Waals surface area (Å²) < 4.78 is 27.8. The molecule has 0 aliphatic carbocycles. The third-order valence-electron chi connectivity index (χ3n) is 6.10. The van der Waals surface area contributed by atoms with Crippen LogP contribution in [0.4, 0.5) is 0 Å². The summed E-state index contributed by atoms with van der Waals surface area (Å²) in [5.74, 6) is 0.0701. The number of rotatable bonds is 2. The van der Waals surface area contributed by atoms with Gasteiger partial charge in [-0.1, -0.05) is 65.8 Å². The van der Waals surface area contributed by atoms with E-state index in [0.29, 0.717) is 15.7 Å². The summed E-state index contributed by atoms with van der Waals surface area (Å²) in [4.78, 5) is 0.331. The van der Waals surface area contributed by atoms with E-state index in [1.165, 1.54) is 6.26 Å². The SMILES string of the molecule is CC(C)(C)c1cc(-[n+]2c3ccccc3c(S(C)(=O)=O)c3ccccc32)cc(C(C)(C)C)c1[O-]. The second-order valence-corrected chi connectivity index (χ2v) is 12.8. The molecule has 0 radical (unpaired) electrons. The third-order valence-corrected chi connectivity index (χ3v) is 7.28. The number of sulfone groups is 1. The number of para-hydroxylation sites is 2. The van der Waals surface area contributed by atoms with Crippen LogP contribution in [-0.4, -0.2) is 14.7 Å². The van der Waals surface area contributed by atoms with Gasteiger partial charge in [0.1, 0.15) is 0 Å². The summed E-state index contributed by atoms with van der Waals surface area (Å²) >= 11 is 0. The zero-order chi connectivity index (χ0) is 24.3. The smallest absolute Gasteiger partial charge is 0.220 e. The van der Waals surface area contributed by atoms with Gasteiger partial charge in [0.25, 0.3) is 0 Å². The standard InChI is InChI=1S/C28H31NO3S/c1-27(2,3)21-16-18(17-22(25(21)30)28(4,5)6)29-23-14-10-8-12-19(23)26(33(7,31)32)20-13-9-11-15-24(20)29/h8-17H,1-7H3. The number of pyridine rings is 1. The Balaban J connectivity index is 2.28.